The molecule has 4 atom stereocenters. The second kappa shape index (κ2) is 5.72. The monoisotopic (exact) mass is 410 g/mol. The SMILES string of the molecule is FC1C(F)C(F)C(C(F)(F)F)(C(F)(C(F)(F)F)C(F)(F)F)C(F)C1F. The normalized spacial score (nSPS) is 38.8. The summed E-state index contributed by atoms with van der Waals surface area (Å²) in [4.78, 5) is 0. The van der Waals surface area contributed by atoms with E-state index in [9.17, 15) is 65.9 Å². The summed E-state index contributed by atoms with van der Waals surface area (Å²) in [7, 11) is 0. The van der Waals surface area contributed by atoms with Crippen molar-refractivity contribution < 1.29 is 65.9 Å². The summed E-state index contributed by atoms with van der Waals surface area (Å²) >= 11 is 0. The van der Waals surface area contributed by atoms with Gasteiger partial charge in [-0.15, -0.1) is 0 Å². The largest absolute Gasteiger partial charge is 0.432 e. The second-order valence-corrected chi connectivity index (χ2v) is 5.16. The molecule has 1 aliphatic carbocycles. The molecule has 1 rings (SSSR count). The lowest BCUT2D eigenvalue weighted by molar-refractivity contribution is -0.447. The Morgan fingerprint density at radius 1 is 0.480 bits per heavy atom. The van der Waals surface area contributed by atoms with Crippen molar-refractivity contribution in [2.75, 3.05) is 0 Å². The Balaban J connectivity index is 4.01. The van der Waals surface area contributed by atoms with Crippen LogP contribution in [0.3, 0.4) is 0 Å². The summed E-state index contributed by atoms with van der Waals surface area (Å²) in [6, 6.07) is 0. The quantitative estimate of drug-likeness (QED) is 0.530. The number of hydrogen-bond acceptors (Lipinski definition) is 0. The lowest BCUT2D eigenvalue weighted by Crippen LogP contribution is -2.80. The van der Waals surface area contributed by atoms with Crippen LogP contribution in [0.25, 0.3) is 0 Å². The van der Waals surface area contributed by atoms with E-state index in [1.165, 1.54) is 0 Å². The third kappa shape index (κ3) is 2.54. The van der Waals surface area contributed by atoms with Gasteiger partial charge in [0.25, 0.3) is 0 Å². The van der Waals surface area contributed by atoms with Crippen LogP contribution in [0.1, 0.15) is 0 Å². The van der Waals surface area contributed by atoms with Crippen molar-refractivity contribution in [3.05, 3.63) is 0 Å². The fraction of sp³-hybridized carbons (Fsp3) is 1.00. The minimum Gasteiger partial charge on any atom is -0.243 e. The number of halogens is 15. The molecule has 1 fully saturated rings. The van der Waals surface area contributed by atoms with E-state index >= 15 is 0 Å². The molecule has 0 bridgehead atoms. The van der Waals surface area contributed by atoms with E-state index in [1.54, 1.807) is 0 Å². The Kier molecular flexibility index (Phi) is 5.04. The number of hydrogen-bond donors (Lipinski definition) is 0. The van der Waals surface area contributed by atoms with Crippen molar-refractivity contribution in [3.63, 3.8) is 0 Å². The first-order chi connectivity index (χ1) is 10.8. The molecule has 0 aromatic carbocycles. The maximum atomic E-state index is 13.9. The van der Waals surface area contributed by atoms with Crippen molar-refractivity contribution in [3.8, 4) is 0 Å². The van der Waals surface area contributed by atoms with Crippen LogP contribution < -0.4 is 0 Å². The van der Waals surface area contributed by atoms with Gasteiger partial charge in [-0.1, -0.05) is 0 Å². The molecular formula is C10H5F15. The molecule has 0 saturated heterocycles. The summed E-state index contributed by atoms with van der Waals surface area (Å²) in [5, 5.41) is 0. The molecule has 150 valence electrons. The van der Waals surface area contributed by atoms with Gasteiger partial charge in [0, 0.05) is 0 Å². The van der Waals surface area contributed by atoms with Gasteiger partial charge in [0.1, 0.15) is 0 Å². The van der Waals surface area contributed by atoms with Gasteiger partial charge >= 0.3 is 24.2 Å². The van der Waals surface area contributed by atoms with Crippen molar-refractivity contribution >= 4 is 0 Å². The first-order valence-electron chi connectivity index (χ1n) is 5.89. The van der Waals surface area contributed by atoms with Crippen LogP contribution in [-0.4, -0.2) is 55.1 Å². The fourth-order valence-electron chi connectivity index (χ4n) is 2.67. The molecule has 4 unspecified atom stereocenters. The minimum absolute atomic E-state index is 4.19. The van der Waals surface area contributed by atoms with Gasteiger partial charge < -0.3 is 0 Å². The highest BCUT2D eigenvalue weighted by Crippen LogP contribution is 2.68. The van der Waals surface area contributed by atoms with Gasteiger partial charge in [-0.25, -0.2) is 26.3 Å². The van der Waals surface area contributed by atoms with Gasteiger partial charge in [-0.3, -0.25) is 0 Å². The van der Waals surface area contributed by atoms with Crippen molar-refractivity contribution in [2.24, 2.45) is 5.41 Å². The zero-order valence-electron chi connectivity index (χ0n) is 11.1. The molecule has 1 saturated carbocycles. The first kappa shape index (κ1) is 22.0. The van der Waals surface area contributed by atoms with Crippen LogP contribution in [0.2, 0.25) is 0 Å². The highest BCUT2D eigenvalue weighted by molar-refractivity contribution is 5.23. The fourth-order valence-corrected chi connectivity index (χ4v) is 2.67. The molecule has 0 heterocycles. The average Bonchev–Trinajstić information content (AvgIpc) is 2.39. The van der Waals surface area contributed by atoms with E-state index in [4.69, 9.17) is 0 Å². The van der Waals surface area contributed by atoms with Crippen molar-refractivity contribution in [2.45, 2.75) is 55.1 Å². The highest BCUT2D eigenvalue weighted by Gasteiger charge is 2.94. The van der Waals surface area contributed by atoms with E-state index in [0.717, 1.165) is 0 Å². The zero-order valence-corrected chi connectivity index (χ0v) is 11.1. The van der Waals surface area contributed by atoms with E-state index < -0.39 is 60.5 Å². The minimum atomic E-state index is -7.81. The summed E-state index contributed by atoms with van der Waals surface area (Å²) in [5.41, 5.74) is -14.8. The zero-order chi connectivity index (χ0) is 20.4. The van der Waals surface area contributed by atoms with E-state index in [0.29, 0.717) is 0 Å². The van der Waals surface area contributed by atoms with Gasteiger partial charge in [-0.05, 0) is 0 Å². The molecule has 0 spiro atoms. The molecule has 15 heteroatoms. The molecule has 0 N–H and O–H groups in total. The summed E-state index contributed by atoms with van der Waals surface area (Å²) in [6.07, 6.45) is -47.1. The van der Waals surface area contributed by atoms with Crippen LogP contribution in [0.5, 0.6) is 0 Å². The molecule has 0 nitrogen and oxygen atoms in total. The lowest BCUT2D eigenvalue weighted by Gasteiger charge is -2.53. The van der Waals surface area contributed by atoms with Crippen molar-refractivity contribution in [1.29, 1.82) is 0 Å². The van der Waals surface area contributed by atoms with E-state index in [2.05, 4.69) is 0 Å². The number of rotatable bonds is 1. The Morgan fingerprint density at radius 2 is 0.760 bits per heavy atom. The predicted octanol–water partition coefficient (Wildman–Crippen LogP) is 5.07. The van der Waals surface area contributed by atoms with Gasteiger partial charge in [0.2, 0.25) is 0 Å². The second-order valence-electron chi connectivity index (χ2n) is 5.16. The average molecular weight is 410 g/mol. The van der Waals surface area contributed by atoms with Crippen LogP contribution in [0, 0.1) is 5.41 Å². The lowest BCUT2D eigenvalue weighted by atomic mass is 9.59. The Morgan fingerprint density at radius 3 is 0.960 bits per heavy atom. The highest BCUT2D eigenvalue weighted by atomic mass is 19.4. The molecule has 0 amide bonds. The van der Waals surface area contributed by atoms with E-state index in [1.807, 2.05) is 0 Å². The molecule has 0 aliphatic heterocycles. The smallest absolute Gasteiger partial charge is 0.243 e. The molecule has 0 aromatic rings. The number of alkyl halides is 15. The standard InChI is InChI=1S/C10H5F15/c11-1-2(12)4(14)6(8(17,18)19,5(15)3(1)13)7(16,9(20,21)22)10(23,24)25/h1-5H. The Labute approximate surface area is 128 Å². The van der Waals surface area contributed by atoms with Gasteiger partial charge in [-0.2, -0.15) is 39.5 Å². The van der Waals surface area contributed by atoms with Crippen LogP contribution >= 0.6 is 0 Å². The van der Waals surface area contributed by atoms with Crippen LogP contribution in [0.15, 0.2) is 0 Å². The van der Waals surface area contributed by atoms with Crippen LogP contribution in [0.4, 0.5) is 65.9 Å². The maximum absolute atomic E-state index is 13.9. The Hall–Kier alpha value is -1.05. The summed E-state index contributed by atoms with van der Waals surface area (Å²) in [6.45, 7) is 0. The molecular weight excluding hydrogens is 405 g/mol. The third-order valence-corrected chi connectivity index (χ3v) is 3.86. The Bertz CT molecular complexity index is 456. The maximum Gasteiger partial charge on any atom is 0.432 e. The van der Waals surface area contributed by atoms with Gasteiger partial charge in [0.05, 0.1) is 0 Å². The topological polar surface area (TPSA) is 0 Å². The van der Waals surface area contributed by atoms with E-state index in [-0.39, 0.29) is 0 Å². The molecule has 25 heavy (non-hydrogen) atoms. The third-order valence-electron chi connectivity index (χ3n) is 3.86. The first-order valence-corrected chi connectivity index (χ1v) is 5.89. The molecule has 0 aromatic heterocycles. The molecule has 0 radical (unpaired) electrons. The van der Waals surface area contributed by atoms with Crippen molar-refractivity contribution in [1.82, 2.24) is 0 Å². The van der Waals surface area contributed by atoms with Crippen LogP contribution in [-0.2, 0) is 0 Å². The summed E-state index contributed by atoms with van der Waals surface area (Å²) in [5.74, 6) is 0. The predicted molar refractivity (Wildman–Crippen MR) is 48.9 cm³/mol. The summed E-state index contributed by atoms with van der Waals surface area (Å²) < 4.78 is 195. The van der Waals surface area contributed by atoms with Gasteiger partial charge in [0.15, 0.2) is 36.3 Å². The molecule has 1 aliphatic rings.